The van der Waals surface area contributed by atoms with E-state index in [1.165, 1.54) is 4.57 Å². The first-order valence-corrected chi connectivity index (χ1v) is 8.84. The van der Waals surface area contributed by atoms with Crippen molar-refractivity contribution in [3.05, 3.63) is 75.4 Å². The van der Waals surface area contributed by atoms with E-state index in [1.807, 2.05) is 19.9 Å². The number of nitrogens with one attached hydrogen (secondary N) is 2. The van der Waals surface area contributed by atoms with Crippen LogP contribution in [0.15, 0.2) is 53.5 Å². The van der Waals surface area contributed by atoms with Crippen molar-refractivity contribution in [3.8, 4) is 11.4 Å². The molecule has 0 aliphatic heterocycles. The predicted molar refractivity (Wildman–Crippen MR) is 106 cm³/mol. The SMILES string of the molecule is Cc1ccc(Cl)c(OC(C)C(=O)Nc2ccccc2-n2c(C)c[nH]c2=O)c1. The van der Waals surface area contributed by atoms with Gasteiger partial charge in [0.1, 0.15) is 5.75 Å². The van der Waals surface area contributed by atoms with Crippen LogP contribution >= 0.6 is 11.6 Å². The second-order valence-corrected chi connectivity index (χ2v) is 6.68. The predicted octanol–water partition coefficient (Wildman–Crippen LogP) is 3.84. The molecule has 0 aliphatic rings. The van der Waals surface area contributed by atoms with Gasteiger partial charge < -0.3 is 15.0 Å². The van der Waals surface area contributed by atoms with Gasteiger partial charge in [-0.3, -0.25) is 9.36 Å². The second kappa shape index (κ2) is 7.72. The zero-order valence-corrected chi connectivity index (χ0v) is 16.0. The average molecular weight is 386 g/mol. The summed E-state index contributed by atoms with van der Waals surface area (Å²) in [4.78, 5) is 27.3. The van der Waals surface area contributed by atoms with Crippen molar-refractivity contribution in [2.75, 3.05) is 5.32 Å². The van der Waals surface area contributed by atoms with Crippen molar-refractivity contribution in [3.63, 3.8) is 0 Å². The Morgan fingerprint density at radius 2 is 1.96 bits per heavy atom. The van der Waals surface area contributed by atoms with Crippen LogP contribution in [-0.4, -0.2) is 21.6 Å². The molecular formula is C20H20ClN3O3. The minimum absolute atomic E-state index is 0.273. The molecule has 140 valence electrons. The Morgan fingerprint density at radius 3 is 2.67 bits per heavy atom. The molecule has 0 saturated heterocycles. The lowest BCUT2D eigenvalue weighted by molar-refractivity contribution is -0.122. The van der Waals surface area contributed by atoms with Gasteiger partial charge in [-0.1, -0.05) is 29.8 Å². The molecule has 0 bridgehead atoms. The Labute approximate surface area is 161 Å². The number of aryl methyl sites for hydroxylation is 2. The molecule has 27 heavy (non-hydrogen) atoms. The Balaban J connectivity index is 1.82. The summed E-state index contributed by atoms with van der Waals surface area (Å²) in [5, 5.41) is 3.27. The standard InChI is InChI=1S/C20H20ClN3O3/c1-12-8-9-15(21)18(10-12)27-14(3)19(25)23-16-6-4-5-7-17(16)24-13(2)11-22-20(24)26/h4-11,14H,1-3H3,(H,22,26)(H,23,25). The first-order chi connectivity index (χ1) is 12.9. The highest BCUT2D eigenvalue weighted by Crippen LogP contribution is 2.27. The molecule has 1 atom stereocenters. The monoisotopic (exact) mass is 385 g/mol. The lowest BCUT2D eigenvalue weighted by Crippen LogP contribution is -2.31. The highest BCUT2D eigenvalue weighted by atomic mass is 35.5. The van der Waals surface area contributed by atoms with Crippen LogP contribution in [0.25, 0.3) is 5.69 Å². The van der Waals surface area contributed by atoms with Crippen molar-refractivity contribution in [1.82, 2.24) is 9.55 Å². The number of amides is 1. The number of benzene rings is 2. The summed E-state index contributed by atoms with van der Waals surface area (Å²) in [6, 6.07) is 12.5. The van der Waals surface area contributed by atoms with Gasteiger partial charge in [-0.25, -0.2) is 4.79 Å². The molecule has 0 radical (unpaired) electrons. The molecule has 0 saturated carbocycles. The Kier molecular flexibility index (Phi) is 5.37. The molecule has 2 aromatic carbocycles. The van der Waals surface area contributed by atoms with Crippen LogP contribution in [0.5, 0.6) is 5.75 Å². The maximum atomic E-state index is 12.6. The highest BCUT2D eigenvalue weighted by molar-refractivity contribution is 6.32. The first-order valence-electron chi connectivity index (χ1n) is 8.47. The zero-order valence-electron chi connectivity index (χ0n) is 15.2. The number of ether oxygens (including phenoxy) is 1. The van der Waals surface area contributed by atoms with E-state index in [2.05, 4.69) is 10.3 Å². The summed E-state index contributed by atoms with van der Waals surface area (Å²) in [7, 11) is 0. The normalized spacial score (nSPS) is 11.9. The van der Waals surface area contributed by atoms with E-state index >= 15 is 0 Å². The van der Waals surface area contributed by atoms with E-state index in [0.29, 0.717) is 22.1 Å². The van der Waals surface area contributed by atoms with Crippen LogP contribution in [0.2, 0.25) is 5.02 Å². The number of carbonyl (C=O) groups is 1. The Bertz CT molecular complexity index is 1040. The molecule has 2 N–H and O–H groups in total. The molecule has 0 spiro atoms. The topological polar surface area (TPSA) is 76.1 Å². The van der Waals surface area contributed by atoms with Crippen LogP contribution in [0.1, 0.15) is 18.2 Å². The number of carbonyl (C=O) groups excluding carboxylic acids is 1. The van der Waals surface area contributed by atoms with Gasteiger partial charge in [-0.05, 0) is 50.6 Å². The minimum Gasteiger partial charge on any atom is -0.479 e. The number of rotatable bonds is 5. The fraction of sp³-hybridized carbons (Fsp3) is 0.200. The summed E-state index contributed by atoms with van der Waals surface area (Å²) in [6.07, 6.45) is 0.841. The summed E-state index contributed by atoms with van der Waals surface area (Å²) in [5.41, 5.74) is 2.53. The quantitative estimate of drug-likeness (QED) is 0.700. The number of hydrogen-bond donors (Lipinski definition) is 2. The molecule has 0 aliphatic carbocycles. The van der Waals surface area contributed by atoms with E-state index in [4.69, 9.17) is 16.3 Å². The van der Waals surface area contributed by atoms with E-state index in [9.17, 15) is 9.59 Å². The lowest BCUT2D eigenvalue weighted by Gasteiger charge is -2.18. The van der Waals surface area contributed by atoms with Crippen molar-refractivity contribution in [1.29, 1.82) is 0 Å². The molecule has 0 fully saturated rings. The van der Waals surface area contributed by atoms with Gasteiger partial charge in [0.2, 0.25) is 0 Å². The van der Waals surface area contributed by atoms with Crippen molar-refractivity contribution in [2.24, 2.45) is 0 Å². The van der Waals surface area contributed by atoms with Gasteiger partial charge in [0.05, 0.1) is 16.4 Å². The molecule has 3 aromatic rings. The fourth-order valence-electron chi connectivity index (χ4n) is 2.71. The molecular weight excluding hydrogens is 366 g/mol. The third kappa shape index (κ3) is 4.06. The van der Waals surface area contributed by atoms with Gasteiger partial charge in [-0.2, -0.15) is 0 Å². The molecule has 3 rings (SSSR count). The first kappa shape index (κ1) is 18.8. The Hall–Kier alpha value is -2.99. The van der Waals surface area contributed by atoms with E-state index in [-0.39, 0.29) is 11.6 Å². The lowest BCUT2D eigenvalue weighted by atomic mass is 10.2. The number of imidazole rings is 1. The fourth-order valence-corrected chi connectivity index (χ4v) is 2.87. The van der Waals surface area contributed by atoms with Crippen LogP contribution < -0.4 is 15.7 Å². The smallest absolute Gasteiger partial charge is 0.330 e. The number of aromatic amines is 1. The van der Waals surface area contributed by atoms with Crippen molar-refractivity contribution >= 4 is 23.2 Å². The summed E-state index contributed by atoms with van der Waals surface area (Å²) in [5.74, 6) is 0.103. The summed E-state index contributed by atoms with van der Waals surface area (Å²) in [6.45, 7) is 5.37. The van der Waals surface area contributed by atoms with Crippen molar-refractivity contribution < 1.29 is 9.53 Å². The van der Waals surface area contributed by atoms with Crippen LogP contribution in [0, 0.1) is 13.8 Å². The molecule has 1 aromatic heterocycles. The molecule has 6 nitrogen and oxygen atoms in total. The van der Waals surface area contributed by atoms with E-state index in [0.717, 1.165) is 11.3 Å². The summed E-state index contributed by atoms with van der Waals surface area (Å²) < 4.78 is 7.22. The second-order valence-electron chi connectivity index (χ2n) is 6.27. The van der Waals surface area contributed by atoms with E-state index in [1.54, 1.807) is 49.5 Å². The average Bonchev–Trinajstić information content (AvgIpc) is 2.97. The maximum absolute atomic E-state index is 12.6. The molecule has 1 amide bonds. The number of H-pyrrole nitrogens is 1. The number of hydrogen-bond acceptors (Lipinski definition) is 3. The number of aromatic nitrogens is 2. The van der Waals surface area contributed by atoms with Gasteiger partial charge in [0.25, 0.3) is 5.91 Å². The number of para-hydroxylation sites is 2. The van der Waals surface area contributed by atoms with Crippen LogP contribution in [0.4, 0.5) is 5.69 Å². The van der Waals surface area contributed by atoms with E-state index < -0.39 is 6.10 Å². The zero-order chi connectivity index (χ0) is 19.6. The largest absolute Gasteiger partial charge is 0.479 e. The number of halogens is 1. The molecule has 1 heterocycles. The molecule has 7 heteroatoms. The number of nitrogens with zero attached hydrogens (tertiary/aromatic N) is 1. The van der Waals surface area contributed by atoms with Gasteiger partial charge in [0, 0.05) is 11.9 Å². The maximum Gasteiger partial charge on any atom is 0.330 e. The Morgan fingerprint density at radius 1 is 1.22 bits per heavy atom. The number of anilines is 1. The van der Waals surface area contributed by atoms with Gasteiger partial charge in [0.15, 0.2) is 6.10 Å². The highest BCUT2D eigenvalue weighted by Gasteiger charge is 2.19. The summed E-state index contributed by atoms with van der Waals surface area (Å²) >= 11 is 6.13. The van der Waals surface area contributed by atoms with Crippen molar-refractivity contribution in [2.45, 2.75) is 26.9 Å². The third-order valence-electron chi connectivity index (χ3n) is 4.12. The van der Waals surface area contributed by atoms with Gasteiger partial charge in [-0.15, -0.1) is 0 Å². The van der Waals surface area contributed by atoms with Crippen LogP contribution in [0.3, 0.4) is 0 Å². The van der Waals surface area contributed by atoms with Crippen LogP contribution in [-0.2, 0) is 4.79 Å². The third-order valence-corrected chi connectivity index (χ3v) is 4.44. The molecule has 1 unspecified atom stereocenters. The van der Waals surface area contributed by atoms with Gasteiger partial charge >= 0.3 is 5.69 Å². The minimum atomic E-state index is -0.776.